The molecule has 0 atom stereocenters. The standard InChI is InChI=1S/C11H14ClN.ClH/c1-13-7-5-9-3-2-4-11(12)10(9)6-8-13;/h2-4H,5-8H2,1H3;1H/p-1. The number of fused-ring (bicyclic) bond motifs is 1. The van der Waals surface area contributed by atoms with Crippen LogP contribution in [-0.2, 0) is 12.8 Å². The Morgan fingerprint density at radius 1 is 1.21 bits per heavy atom. The van der Waals surface area contributed by atoms with Gasteiger partial charge in [0.2, 0.25) is 0 Å². The highest BCUT2D eigenvalue weighted by atomic mass is 35.5. The molecule has 1 aliphatic heterocycles. The summed E-state index contributed by atoms with van der Waals surface area (Å²) in [6.45, 7) is 2.27. The van der Waals surface area contributed by atoms with Crippen LogP contribution in [0.2, 0.25) is 5.02 Å². The zero-order valence-electron chi connectivity index (χ0n) is 8.26. The molecule has 0 aromatic heterocycles. The van der Waals surface area contributed by atoms with Crippen LogP contribution >= 0.6 is 11.6 Å². The van der Waals surface area contributed by atoms with Gasteiger partial charge in [0.1, 0.15) is 0 Å². The molecule has 1 nitrogen and oxygen atoms in total. The van der Waals surface area contributed by atoms with Crippen molar-refractivity contribution in [3.63, 3.8) is 0 Å². The van der Waals surface area contributed by atoms with Gasteiger partial charge in [-0.3, -0.25) is 0 Å². The van der Waals surface area contributed by atoms with Crippen LogP contribution in [0.25, 0.3) is 0 Å². The minimum atomic E-state index is 0. The molecule has 2 rings (SSSR count). The molecule has 1 aromatic rings. The Hall–Kier alpha value is -0.240. The molecule has 0 spiro atoms. The van der Waals surface area contributed by atoms with Crippen LogP contribution < -0.4 is 12.4 Å². The smallest absolute Gasteiger partial charge is 0.0441 e. The fourth-order valence-electron chi connectivity index (χ4n) is 1.84. The minimum Gasteiger partial charge on any atom is -1.00 e. The van der Waals surface area contributed by atoms with Crippen molar-refractivity contribution in [1.82, 2.24) is 4.90 Å². The van der Waals surface area contributed by atoms with Gasteiger partial charge in [-0.05, 0) is 37.1 Å². The largest absolute Gasteiger partial charge is 1.00 e. The highest BCUT2D eigenvalue weighted by Gasteiger charge is 2.12. The van der Waals surface area contributed by atoms with E-state index in [1.54, 1.807) is 0 Å². The monoisotopic (exact) mass is 230 g/mol. The summed E-state index contributed by atoms with van der Waals surface area (Å²) in [5, 5.41) is 0.938. The lowest BCUT2D eigenvalue weighted by Crippen LogP contribution is -3.00. The van der Waals surface area contributed by atoms with E-state index < -0.39 is 0 Å². The normalized spacial score (nSPS) is 16.7. The fourth-order valence-corrected chi connectivity index (χ4v) is 2.13. The first-order valence-electron chi connectivity index (χ1n) is 4.72. The van der Waals surface area contributed by atoms with Crippen molar-refractivity contribution in [2.24, 2.45) is 0 Å². The number of likely N-dealkylation sites (N-methyl/N-ethyl adjacent to an activating group) is 1. The number of halogens is 2. The van der Waals surface area contributed by atoms with Gasteiger partial charge in [0, 0.05) is 18.1 Å². The molecule has 0 radical (unpaired) electrons. The predicted molar refractivity (Wildman–Crippen MR) is 56.4 cm³/mol. The second-order valence-corrected chi connectivity index (χ2v) is 4.09. The van der Waals surface area contributed by atoms with E-state index in [4.69, 9.17) is 11.6 Å². The molecule has 1 aliphatic rings. The molecule has 0 saturated heterocycles. The van der Waals surface area contributed by atoms with Gasteiger partial charge in [0.05, 0.1) is 0 Å². The lowest BCUT2D eigenvalue weighted by molar-refractivity contribution is -0.00000260. The molecule has 0 fully saturated rings. The number of hydrogen-bond donors (Lipinski definition) is 0. The van der Waals surface area contributed by atoms with Gasteiger partial charge in [-0.1, -0.05) is 23.7 Å². The van der Waals surface area contributed by atoms with E-state index in [9.17, 15) is 0 Å². The molecule has 0 bridgehead atoms. The van der Waals surface area contributed by atoms with Crippen molar-refractivity contribution in [2.45, 2.75) is 12.8 Å². The first-order valence-corrected chi connectivity index (χ1v) is 5.10. The summed E-state index contributed by atoms with van der Waals surface area (Å²) in [4.78, 5) is 2.36. The van der Waals surface area contributed by atoms with Crippen LogP contribution in [0.1, 0.15) is 11.1 Å². The molecule has 3 heteroatoms. The van der Waals surface area contributed by atoms with Crippen molar-refractivity contribution >= 4 is 11.6 Å². The number of nitrogens with zero attached hydrogens (tertiary/aromatic N) is 1. The second-order valence-electron chi connectivity index (χ2n) is 3.68. The minimum absolute atomic E-state index is 0. The van der Waals surface area contributed by atoms with Gasteiger partial charge in [-0.25, -0.2) is 0 Å². The molecule has 0 saturated carbocycles. The van der Waals surface area contributed by atoms with Crippen molar-refractivity contribution in [3.8, 4) is 0 Å². The Labute approximate surface area is 96.5 Å². The summed E-state index contributed by atoms with van der Waals surface area (Å²) < 4.78 is 0. The lowest BCUT2D eigenvalue weighted by Gasteiger charge is -2.10. The van der Waals surface area contributed by atoms with Crippen molar-refractivity contribution < 1.29 is 12.4 Å². The average molecular weight is 231 g/mol. The Morgan fingerprint density at radius 3 is 2.71 bits per heavy atom. The zero-order chi connectivity index (χ0) is 9.26. The van der Waals surface area contributed by atoms with Crippen LogP contribution in [0.15, 0.2) is 18.2 Å². The number of benzene rings is 1. The highest BCUT2D eigenvalue weighted by Crippen LogP contribution is 2.23. The third kappa shape index (κ3) is 2.41. The summed E-state index contributed by atoms with van der Waals surface area (Å²) in [5.41, 5.74) is 2.78. The Kier molecular flexibility index (Phi) is 4.24. The third-order valence-corrected chi connectivity index (χ3v) is 3.08. The molecule has 0 aliphatic carbocycles. The quantitative estimate of drug-likeness (QED) is 0.575. The number of hydrogen-bond acceptors (Lipinski definition) is 1. The summed E-state index contributed by atoms with van der Waals surface area (Å²) in [5.74, 6) is 0. The summed E-state index contributed by atoms with van der Waals surface area (Å²) in [7, 11) is 2.17. The predicted octanol–water partition coefficient (Wildman–Crippen LogP) is -0.626. The van der Waals surface area contributed by atoms with E-state index in [1.807, 2.05) is 12.1 Å². The molecular weight excluding hydrogens is 217 g/mol. The molecule has 0 unspecified atom stereocenters. The highest BCUT2D eigenvalue weighted by molar-refractivity contribution is 6.31. The van der Waals surface area contributed by atoms with Crippen molar-refractivity contribution in [1.29, 1.82) is 0 Å². The van der Waals surface area contributed by atoms with E-state index in [0.29, 0.717) is 0 Å². The lowest BCUT2D eigenvalue weighted by atomic mass is 10.0. The van der Waals surface area contributed by atoms with Gasteiger partial charge in [-0.2, -0.15) is 0 Å². The van der Waals surface area contributed by atoms with E-state index in [2.05, 4.69) is 18.0 Å². The maximum absolute atomic E-state index is 6.14. The van der Waals surface area contributed by atoms with Gasteiger partial charge in [0.25, 0.3) is 0 Å². The Morgan fingerprint density at radius 2 is 1.93 bits per heavy atom. The molecule has 14 heavy (non-hydrogen) atoms. The maximum atomic E-state index is 6.14. The number of rotatable bonds is 0. The van der Waals surface area contributed by atoms with Crippen LogP contribution in [0.3, 0.4) is 0 Å². The average Bonchev–Trinajstić information content (AvgIpc) is 2.30. The van der Waals surface area contributed by atoms with Gasteiger partial charge >= 0.3 is 0 Å². The Bertz CT molecular complexity index is 312. The van der Waals surface area contributed by atoms with Crippen LogP contribution in [0, 0.1) is 0 Å². The van der Waals surface area contributed by atoms with Crippen molar-refractivity contribution in [3.05, 3.63) is 34.3 Å². The summed E-state index contributed by atoms with van der Waals surface area (Å²) in [6, 6.07) is 6.23. The topological polar surface area (TPSA) is 3.24 Å². The first kappa shape index (κ1) is 11.8. The maximum Gasteiger partial charge on any atom is 0.0441 e. The van der Waals surface area contributed by atoms with Crippen molar-refractivity contribution in [2.75, 3.05) is 20.1 Å². The SMILES string of the molecule is CN1CCc2cccc(Cl)c2CC1.[Cl-]. The van der Waals surface area contributed by atoms with E-state index in [1.165, 1.54) is 11.1 Å². The summed E-state index contributed by atoms with van der Waals surface area (Å²) >= 11 is 6.14. The van der Waals surface area contributed by atoms with Gasteiger partial charge in [-0.15, -0.1) is 0 Å². The molecule has 1 aromatic carbocycles. The molecule has 0 N–H and O–H groups in total. The van der Waals surface area contributed by atoms with E-state index >= 15 is 0 Å². The fraction of sp³-hybridized carbons (Fsp3) is 0.455. The van der Waals surface area contributed by atoms with Crippen LogP contribution in [-0.4, -0.2) is 25.0 Å². The first-order chi connectivity index (χ1) is 6.27. The third-order valence-electron chi connectivity index (χ3n) is 2.72. The summed E-state index contributed by atoms with van der Waals surface area (Å²) in [6.07, 6.45) is 2.22. The zero-order valence-corrected chi connectivity index (χ0v) is 9.78. The Balaban J connectivity index is 0.000000980. The molecule has 0 amide bonds. The van der Waals surface area contributed by atoms with E-state index in [-0.39, 0.29) is 12.4 Å². The van der Waals surface area contributed by atoms with Crippen LogP contribution in [0.4, 0.5) is 0 Å². The molecule has 78 valence electrons. The van der Waals surface area contributed by atoms with E-state index in [0.717, 1.165) is 31.0 Å². The molecule has 1 heterocycles. The van der Waals surface area contributed by atoms with Gasteiger partial charge < -0.3 is 17.3 Å². The van der Waals surface area contributed by atoms with Gasteiger partial charge in [0.15, 0.2) is 0 Å². The molecular formula is C11H14Cl2N-. The second kappa shape index (κ2) is 5.01. The van der Waals surface area contributed by atoms with Crippen LogP contribution in [0.5, 0.6) is 0 Å².